The Labute approximate surface area is 122 Å². The van der Waals surface area contributed by atoms with Crippen molar-refractivity contribution in [2.75, 3.05) is 14.2 Å². The van der Waals surface area contributed by atoms with E-state index >= 15 is 0 Å². The molecule has 104 valence electrons. The van der Waals surface area contributed by atoms with Crippen LogP contribution in [0.2, 0.25) is 0 Å². The molecule has 1 aromatic carbocycles. The Kier molecular flexibility index (Phi) is 3.48. The lowest BCUT2D eigenvalue weighted by Gasteiger charge is -2.19. The summed E-state index contributed by atoms with van der Waals surface area (Å²) in [6.07, 6.45) is 4.08. The maximum atomic E-state index is 6.49. The van der Waals surface area contributed by atoms with Gasteiger partial charge in [0.25, 0.3) is 0 Å². The topological polar surface area (TPSA) is 44.5 Å². The van der Waals surface area contributed by atoms with E-state index in [9.17, 15) is 0 Å². The van der Waals surface area contributed by atoms with Gasteiger partial charge in [0.05, 0.1) is 14.2 Å². The number of methoxy groups -OCH3 is 2. The Morgan fingerprint density at radius 1 is 1.21 bits per heavy atom. The molecule has 2 aliphatic rings. The third kappa shape index (κ3) is 2.05. The standard InChI is InChI=1S/C15H20BrNO2/c1-18-11-7-6-10(15(19-2)13(11)16)14(17)12-8-4-3-5-9(8)12/h6-9,12,14H,3-5,17H2,1-2H3. The first kappa shape index (κ1) is 13.3. The lowest BCUT2D eigenvalue weighted by molar-refractivity contribution is 0.378. The summed E-state index contributed by atoms with van der Waals surface area (Å²) < 4.78 is 11.7. The van der Waals surface area contributed by atoms with Crippen molar-refractivity contribution in [3.8, 4) is 11.5 Å². The number of rotatable bonds is 4. The molecule has 1 aromatic rings. The van der Waals surface area contributed by atoms with Gasteiger partial charge in [-0.1, -0.05) is 6.42 Å². The van der Waals surface area contributed by atoms with Crippen molar-refractivity contribution < 1.29 is 9.47 Å². The molecule has 0 saturated heterocycles. The van der Waals surface area contributed by atoms with E-state index < -0.39 is 0 Å². The van der Waals surface area contributed by atoms with Gasteiger partial charge in [0.15, 0.2) is 0 Å². The average Bonchev–Trinajstić information content (AvgIpc) is 2.90. The second-order valence-electron chi connectivity index (χ2n) is 5.57. The molecule has 0 radical (unpaired) electrons. The monoisotopic (exact) mass is 325 g/mol. The van der Waals surface area contributed by atoms with E-state index in [1.54, 1.807) is 14.2 Å². The Hall–Kier alpha value is -0.740. The van der Waals surface area contributed by atoms with Crippen LogP contribution in [0.5, 0.6) is 11.5 Å². The van der Waals surface area contributed by atoms with E-state index in [4.69, 9.17) is 15.2 Å². The summed E-state index contributed by atoms with van der Waals surface area (Å²) in [5, 5.41) is 0. The summed E-state index contributed by atoms with van der Waals surface area (Å²) in [7, 11) is 3.34. The second-order valence-corrected chi connectivity index (χ2v) is 6.36. The molecule has 0 bridgehead atoms. The van der Waals surface area contributed by atoms with Gasteiger partial charge < -0.3 is 15.2 Å². The third-order valence-corrected chi connectivity index (χ3v) is 5.51. The zero-order valence-corrected chi connectivity index (χ0v) is 12.9. The van der Waals surface area contributed by atoms with Gasteiger partial charge in [-0.3, -0.25) is 0 Å². The summed E-state index contributed by atoms with van der Waals surface area (Å²) in [6.45, 7) is 0. The smallest absolute Gasteiger partial charge is 0.141 e. The fourth-order valence-electron chi connectivity index (χ4n) is 3.80. The van der Waals surface area contributed by atoms with Crippen molar-refractivity contribution in [2.24, 2.45) is 23.5 Å². The van der Waals surface area contributed by atoms with Gasteiger partial charge in [0, 0.05) is 11.6 Å². The molecular weight excluding hydrogens is 306 g/mol. The molecule has 2 N–H and O–H groups in total. The summed E-state index contributed by atoms with van der Waals surface area (Å²) >= 11 is 3.55. The van der Waals surface area contributed by atoms with E-state index in [1.807, 2.05) is 12.1 Å². The first-order valence-electron chi connectivity index (χ1n) is 6.85. The van der Waals surface area contributed by atoms with Crippen molar-refractivity contribution in [1.82, 2.24) is 0 Å². The summed E-state index contributed by atoms with van der Waals surface area (Å²) in [5.74, 6) is 3.93. The Balaban J connectivity index is 1.90. The molecule has 3 atom stereocenters. The van der Waals surface area contributed by atoms with Crippen molar-refractivity contribution >= 4 is 15.9 Å². The molecular formula is C15H20BrNO2. The first-order valence-corrected chi connectivity index (χ1v) is 7.64. The van der Waals surface area contributed by atoms with Crippen LogP contribution in [0.15, 0.2) is 16.6 Å². The summed E-state index contributed by atoms with van der Waals surface area (Å²) in [6, 6.07) is 4.08. The number of benzene rings is 1. The van der Waals surface area contributed by atoms with Gasteiger partial charge in [-0.15, -0.1) is 0 Å². The molecule has 2 fully saturated rings. The Bertz CT molecular complexity index is 481. The van der Waals surface area contributed by atoms with Crippen LogP contribution in [0, 0.1) is 17.8 Å². The third-order valence-electron chi connectivity index (χ3n) is 4.76. The van der Waals surface area contributed by atoms with Crippen LogP contribution in [0.3, 0.4) is 0 Å². The predicted molar refractivity (Wildman–Crippen MR) is 78.5 cm³/mol. The number of hydrogen-bond donors (Lipinski definition) is 1. The van der Waals surface area contributed by atoms with Crippen molar-refractivity contribution in [3.05, 3.63) is 22.2 Å². The lowest BCUT2D eigenvalue weighted by atomic mass is 9.97. The molecule has 0 amide bonds. The average molecular weight is 326 g/mol. The molecule has 2 saturated carbocycles. The highest BCUT2D eigenvalue weighted by molar-refractivity contribution is 9.10. The van der Waals surface area contributed by atoms with Crippen LogP contribution in [-0.4, -0.2) is 14.2 Å². The normalized spacial score (nSPS) is 29.8. The van der Waals surface area contributed by atoms with Crippen LogP contribution < -0.4 is 15.2 Å². The molecule has 3 unspecified atom stereocenters. The molecule has 0 aliphatic heterocycles. The van der Waals surface area contributed by atoms with E-state index in [-0.39, 0.29) is 6.04 Å². The van der Waals surface area contributed by atoms with Gasteiger partial charge in [0.2, 0.25) is 0 Å². The highest BCUT2D eigenvalue weighted by Gasteiger charge is 2.55. The quantitative estimate of drug-likeness (QED) is 0.921. The molecule has 3 rings (SSSR count). The molecule has 3 nitrogen and oxygen atoms in total. The zero-order valence-electron chi connectivity index (χ0n) is 11.4. The minimum atomic E-state index is 0.0763. The molecule has 0 aromatic heterocycles. The Morgan fingerprint density at radius 3 is 2.47 bits per heavy atom. The molecule has 2 aliphatic carbocycles. The van der Waals surface area contributed by atoms with E-state index in [0.717, 1.165) is 33.4 Å². The van der Waals surface area contributed by atoms with Crippen LogP contribution >= 0.6 is 15.9 Å². The maximum absolute atomic E-state index is 6.49. The summed E-state index contributed by atoms with van der Waals surface area (Å²) in [4.78, 5) is 0. The highest BCUT2D eigenvalue weighted by atomic mass is 79.9. The number of fused-ring (bicyclic) bond motifs is 1. The zero-order chi connectivity index (χ0) is 13.6. The highest BCUT2D eigenvalue weighted by Crippen LogP contribution is 2.62. The van der Waals surface area contributed by atoms with Gasteiger partial charge in [0.1, 0.15) is 16.0 Å². The minimum absolute atomic E-state index is 0.0763. The van der Waals surface area contributed by atoms with E-state index in [2.05, 4.69) is 15.9 Å². The van der Waals surface area contributed by atoms with Gasteiger partial charge >= 0.3 is 0 Å². The van der Waals surface area contributed by atoms with E-state index in [0.29, 0.717) is 5.92 Å². The fraction of sp³-hybridized carbons (Fsp3) is 0.600. The van der Waals surface area contributed by atoms with Gasteiger partial charge in [-0.2, -0.15) is 0 Å². The first-order chi connectivity index (χ1) is 9.19. The van der Waals surface area contributed by atoms with Crippen LogP contribution in [0.1, 0.15) is 30.9 Å². The number of halogens is 1. The molecule has 0 spiro atoms. The predicted octanol–water partition coefficient (Wildman–Crippen LogP) is 3.51. The molecule has 4 heteroatoms. The van der Waals surface area contributed by atoms with Crippen molar-refractivity contribution in [1.29, 1.82) is 0 Å². The number of ether oxygens (including phenoxy) is 2. The van der Waals surface area contributed by atoms with Crippen LogP contribution in [-0.2, 0) is 0 Å². The largest absolute Gasteiger partial charge is 0.495 e. The number of hydrogen-bond acceptors (Lipinski definition) is 3. The number of nitrogens with two attached hydrogens (primary N) is 1. The SMILES string of the molecule is COc1ccc(C(N)C2C3CCCC32)c(OC)c1Br. The fourth-order valence-corrected chi connectivity index (χ4v) is 4.48. The van der Waals surface area contributed by atoms with Gasteiger partial charge in [-0.05, 0) is 58.7 Å². The second kappa shape index (κ2) is 4.98. The molecule has 0 heterocycles. The van der Waals surface area contributed by atoms with E-state index in [1.165, 1.54) is 19.3 Å². The van der Waals surface area contributed by atoms with Crippen LogP contribution in [0.25, 0.3) is 0 Å². The summed E-state index contributed by atoms with van der Waals surface area (Å²) in [5.41, 5.74) is 7.58. The van der Waals surface area contributed by atoms with Crippen molar-refractivity contribution in [2.45, 2.75) is 25.3 Å². The lowest BCUT2D eigenvalue weighted by Crippen LogP contribution is -2.16. The maximum Gasteiger partial charge on any atom is 0.141 e. The Morgan fingerprint density at radius 2 is 1.89 bits per heavy atom. The minimum Gasteiger partial charge on any atom is -0.495 e. The van der Waals surface area contributed by atoms with Crippen molar-refractivity contribution in [3.63, 3.8) is 0 Å². The molecule has 19 heavy (non-hydrogen) atoms. The van der Waals surface area contributed by atoms with Gasteiger partial charge in [-0.25, -0.2) is 0 Å². The van der Waals surface area contributed by atoms with Crippen LogP contribution in [0.4, 0.5) is 0 Å².